The average molecular weight is 417 g/mol. The molecule has 0 saturated heterocycles. The van der Waals surface area contributed by atoms with Crippen LogP contribution in [0.1, 0.15) is 17.5 Å². The molecule has 3 N–H and O–H groups in total. The Labute approximate surface area is 159 Å². The molecule has 0 atom stereocenters. The van der Waals surface area contributed by atoms with Gasteiger partial charge in [0.25, 0.3) is 0 Å². The summed E-state index contributed by atoms with van der Waals surface area (Å²) in [5, 5.41) is 5.04. The molecule has 0 unspecified atom stereocenters. The molecule has 0 aliphatic heterocycles. The molecule has 2 rings (SSSR count). The van der Waals surface area contributed by atoms with Crippen molar-refractivity contribution in [1.82, 2.24) is 4.72 Å². The van der Waals surface area contributed by atoms with Gasteiger partial charge in [-0.2, -0.15) is 0 Å². The summed E-state index contributed by atoms with van der Waals surface area (Å²) in [6.07, 6.45) is 2.08. The number of alkyl halides is 1. The third-order valence-corrected chi connectivity index (χ3v) is 6.46. The van der Waals surface area contributed by atoms with Gasteiger partial charge in [0.05, 0.1) is 9.79 Å². The van der Waals surface area contributed by atoms with Crippen molar-refractivity contribution in [3.05, 3.63) is 59.7 Å². The van der Waals surface area contributed by atoms with Gasteiger partial charge in [-0.05, 0) is 54.7 Å². The highest BCUT2D eigenvalue weighted by Crippen LogP contribution is 2.13. The maximum atomic E-state index is 12.3. The number of hydrogen-bond donors (Lipinski definition) is 2. The quantitative estimate of drug-likeness (QED) is 0.610. The first-order valence-corrected chi connectivity index (χ1v) is 11.5. The highest BCUT2D eigenvalue weighted by atomic mass is 35.5. The number of halogens is 1. The molecular weight excluding hydrogens is 396 g/mol. The van der Waals surface area contributed by atoms with Gasteiger partial charge in [0.2, 0.25) is 20.0 Å². The molecule has 9 heteroatoms. The standard InChI is InChI=1S/C17H21ClN2O4S2/c18-12-1-2-14-5-9-17(10-6-14)26(23,24)20-13-11-15-3-7-16(8-4-15)25(19,21)22/h3-10,20H,1-2,11-13H2,(H2,19,21,22). The second-order valence-electron chi connectivity index (χ2n) is 5.77. The van der Waals surface area contributed by atoms with Crippen LogP contribution in [0.5, 0.6) is 0 Å². The lowest BCUT2D eigenvalue weighted by Gasteiger charge is -2.08. The van der Waals surface area contributed by atoms with E-state index in [0.29, 0.717) is 12.3 Å². The molecule has 0 aromatic heterocycles. The summed E-state index contributed by atoms with van der Waals surface area (Å²) in [6, 6.07) is 12.7. The van der Waals surface area contributed by atoms with E-state index in [4.69, 9.17) is 16.7 Å². The molecule has 0 aliphatic rings. The van der Waals surface area contributed by atoms with Gasteiger partial charge in [-0.25, -0.2) is 26.7 Å². The molecule has 0 heterocycles. The van der Waals surface area contributed by atoms with Gasteiger partial charge < -0.3 is 0 Å². The molecule has 2 aromatic rings. The third-order valence-electron chi connectivity index (χ3n) is 3.79. The van der Waals surface area contributed by atoms with Crippen LogP contribution in [0.4, 0.5) is 0 Å². The van der Waals surface area contributed by atoms with Crippen LogP contribution in [0.2, 0.25) is 0 Å². The smallest absolute Gasteiger partial charge is 0.225 e. The van der Waals surface area contributed by atoms with Crippen LogP contribution < -0.4 is 9.86 Å². The van der Waals surface area contributed by atoms with Crippen LogP contribution in [-0.4, -0.2) is 29.3 Å². The molecule has 142 valence electrons. The van der Waals surface area contributed by atoms with Gasteiger partial charge in [0.1, 0.15) is 0 Å². The van der Waals surface area contributed by atoms with Crippen LogP contribution in [-0.2, 0) is 32.9 Å². The van der Waals surface area contributed by atoms with Gasteiger partial charge in [0.15, 0.2) is 0 Å². The van der Waals surface area contributed by atoms with E-state index in [2.05, 4.69) is 4.72 Å². The minimum absolute atomic E-state index is 0.0242. The predicted molar refractivity (Wildman–Crippen MR) is 102 cm³/mol. The van der Waals surface area contributed by atoms with Gasteiger partial charge in [-0.15, -0.1) is 11.6 Å². The van der Waals surface area contributed by atoms with Gasteiger partial charge in [-0.1, -0.05) is 24.3 Å². The Hall–Kier alpha value is -1.45. The molecule has 6 nitrogen and oxygen atoms in total. The van der Waals surface area contributed by atoms with Crippen LogP contribution in [0.25, 0.3) is 0 Å². The van der Waals surface area contributed by atoms with Crippen molar-refractivity contribution < 1.29 is 16.8 Å². The van der Waals surface area contributed by atoms with Crippen molar-refractivity contribution >= 4 is 31.6 Å². The predicted octanol–water partition coefficient (Wildman–Crippen LogP) is 2.03. The number of aryl methyl sites for hydroxylation is 1. The fourth-order valence-corrected chi connectivity index (χ4v) is 4.05. The zero-order valence-electron chi connectivity index (χ0n) is 14.1. The topological polar surface area (TPSA) is 106 Å². The largest absolute Gasteiger partial charge is 0.240 e. The van der Waals surface area contributed by atoms with E-state index in [1.165, 1.54) is 12.1 Å². The van der Waals surface area contributed by atoms with Crippen molar-refractivity contribution in [3.63, 3.8) is 0 Å². The normalized spacial score (nSPS) is 12.2. The van der Waals surface area contributed by atoms with Crippen LogP contribution in [0, 0.1) is 0 Å². The van der Waals surface area contributed by atoms with Crippen molar-refractivity contribution in [1.29, 1.82) is 0 Å². The summed E-state index contributed by atoms with van der Waals surface area (Å²) in [5.74, 6) is 0.569. The van der Waals surface area contributed by atoms with Crippen molar-refractivity contribution in [2.75, 3.05) is 12.4 Å². The zero-order valence-corrected chi connectivity index (χ0v) is 16.4. The van der Waals surface area contributed by atoms with E-state index in [-0.39, 0.29) is 16.3 Å². The summed E-state index contributed by atoms with van der Waals surface area (Å²) in [7, 11) is -7.32. The summed E-state index contributed by atoms with van der Waals surface area (Å²) in [4.78, 5) is 0.229. The van der Waals surface area contributed by atoms with Gasteiger partial charge in [0, 0.05) is 12.4 Å². The summed E-state index contributed by atoms with van der Waals surface area (Å²) < 4.78 is 49.6. The van der Waals surface area contributed by atoms with Crippen LogP contribution in [0.15, 0.2) is 58.3 Å². The van der Waals surface area contributed by atoms with E-state index in [0.717, 1.165) is 24.0 Å². The monoisotopic (exact) mass is 416 g/mol. The lowest BCUT2D eigenvalue weighted by molar-refractivity contribution is 0.581. The van der Waals surface area contributed by atoms with Gasteiger partial charge >= 0.3 is 0 Å². The summed E-state index contributed by atoms with van der Waals surface area (Å²) >= 11 is 5.65. The van der Waals surface area contributed by atoms with E-state index in [1.54, 1.807) is 36.4 Å². The Kier molecular flexibility index (Phi) is 7.19. The Bertz CT molecular complexity index is 926. The van der Waals surface area contributed by atoms with Crippen LogP contribution >= 0.6 is 11.6 Å². The molecular formula is C17H21ClN2O4S2. The van der Waals surface area contributed by atoms with E-state index >= 15 is 0 Å². The molecule has 0 saturated carbocycles. The maximum Gasteiger partial charge on any atom is 0.240 e. The lowest BCUT2D eigenvalue weighted by atomic mass is 10.1. The van der Waals surface area contributed by atoms with Crippen molar-refractivity contribution in [2.45, 2.75) is 29.1 Å². The Morgan fingerprint density at radius 2 is 1.31 bits per heavy atom. The highest BCUT2D eigenvalue weighted by molar-refractivity contribution is 7.89. The molecule has 2 aromatic carbocycles. The minimum Gasteiger partial charge on any atom is -0.225 e. The van der Waals surface area contributed by atoms with E-state index in [9.17, 15) is 16.8 Å². The first kappa shape index (κ1) is 20.9. The Morgan fingerprint density at radius 1 is 0.808 bits per heavy atom. The molecule has 0 spiro atoms. The number of nitrogens with one attached hydrogen (secondary N) is 1. The molecule has 0 amide bonds. The summed E-state index contributed by atoms with van der Waals surface area (Å²) in [5.41, 5.74) is 1.84. The first-order chi connectivity index (χ1) is 12.2. The number of benzene rings is 2. The molecule has 0 fully saturated rings. The van der Waals surface area contributed by atoms with E-state index in [1.807, 2.05) is 0 Å². The second kappa shape index (κ2) is 8.96. The van der Waals surface area contributed by atoms with Crippen molar-refractivity contribution in [2.24, 2.45) is 5.14 Å². The zero-order chi connectivity index (χ0) is 19.2. The summed E-state index contributed by atoms with van der Waals surface area (Å²) in [6.45, 7) is 0.199. The number of sulfonamides is 2. The first-order valence-electron chi connectivity index (χ1n) is 7.99. The molecule has 26 heavy (non-hydrogen) atoms. The number of rotatable bonds is 9. The van der Waals surface area contributed by atoms with Gasteiger partial charge in [-0.3, -0.25) is 0 Å². The molecule has 0 radical (unpaired) electrons. The highest BCUT2D eigenvalue weighted by Gasteiger charge is 2.13. The number of nitrogens with two attached hydrogens (primary N) is 1. The third kappa shape index (κ3) is 6.07. The number of primary sulfonamides is 1. The fourth-order valence-electron chi connectivity index (χ4n) is 2.37. The molecule has 0 aliphatic carbocycles. The maximum absolute atomic E-state index is 12.3. The SMILES string of the molecule is NS(=O)(=O)c1ccc(CCNS(=O)(=O)c2ccc(CCCCl)cc2)cc1. The van der Waals surface area contributed by atoms with Crippen LogP contribution in [0.3, 0.4) is 0 Å². The molecule has 0 bridgehead atoms. The minimum atomic E-state index is -3.73. The second-order valence-corrected chi connectivity index (χ2v) is 9.48. The average Bonchev–Trinajstić information content (AvgIpc) is 2.60. The fraction of sp³-hybridized carbons (Fsp3) is 0.294. The van der Waals surface area contributed by atoms with Crippen molar-refractivity contribution in [3.8, 4) is 0 Å². The Morgan fingerprint density at radius 3 is 1.81 bits per heavy atom. The Balaban J connectivity index is 1.93. The lowest BCUT2D eigenvalue weighted by Crippen LogP contribution is -2.26. The number of hydrogen-bond acceptors (Lipinski definition) is 4. The van der Waals surface area contributed by atoms with E-state index < -0.39 is 20.0 Å².